The van der Waals surface area contributed by atoms with E-state index in [-0.39, 0.29) is 5.56 Å². The van der Waals surface area contributed by atoms with E-state index in [0.717, 1.165) is 0 Å². The van der Waals surface area contributed by atoms with Crippen LogP contribution in [0.5, 0.6) is 0 Å². The Kier molecular flexibility index (Phi) is 5.62. The molecule has 0 aromatic heterocycles. The van der Waals surface area contributed by atoms with Crippen LogP contribution in [0.3, 0.4) is 0 Å². The zero-order valence-electron chi connectivity index (χ0n) is 10.7. The standard InChI is InChI=1S/C12H16N2O5S/c13-5-10-3-1-2-4-11(10)6-20(18,19)14-12(7-15,8-16)9-17/h1-4,14-17H,6-9H2. The van der Waals surface area contributed by atoms with Crippen molar-refractivity contribution in [2.45, 2.75) is 11.3 Å². The second-order valence-corrected chi connectivity index (χ2v) is 6.11. The minimum Gasteiger partial charge on any atom is -0.394 e. The number of aliphatic hydroxyl groups is 3. The van der Waals surface area contributed by atoms with Gasteiger partial charge < -0.3 is 15.3 Å². The number of rotatable bonds is 7. The van der Waals surface area contributed by atoms with E-state index >= 15 is 0 Å². The molecule has 0 bridgehead atoms. The fourth-order valence-corrected chi connectivity index (χ4v) is 3.16. The summed E-state index contributed by atoms with van der Waals surface area (Å²) in [6.07, 6.45) is 0. The van der Waals surface area contributed by atoms with Crippen LogP contribution in [0.25, 0.3) is 0 Å². The number of nitriles is 1. The molecule has 0 amide bonds. The van der Waals surface area contributed by atoms with Gasteiger partial charge in [0.05, 0.1) is 37.2 Å². The summed E-state index contributed by atoms with van der Waals surface area (Å²) in [5, 5.41) is 36.2. The molecule has 1 rings (SSSR count). The average Bonchev–Trinajstić information content (AvgIpc) is 2.45. The lowest BCUT2D eigenvalue weighted by atomic mass is 10.1. The van der Waals surface area contributed by atoms with Crippen molar-refractivity contribution in [1.29, 1.82) is 5.26 Å². The molecule has 1 aromatic carbocycles. The van der Waals surface area contributed by atoms with Gasteiger partial charge in [-0.25, -0.2) is 13.1 Å². The Morgan fingerprint density at radius 3 is 2.20 bits per heavy atom. The summed E-state index contributed by atoms with van der Waals surface area (Å²) in [7, 11) is -3.94. The quantitative estimate of drug-likeness (QED) is 0.495. The highest BCUT2D eigenvalue weighted by Gasteiger charge is 2.33. The zero-order chi connectivity index (χ0) is 15.2. The van der Waals surface area contributed by atoms with Gasteiger partial charge in [-0.2, -0.15) is 5.26 Å². The smallest absolute Gasteiger partial charge is 0.216 e. The Morgan fingerprint density at radius 1 is 1.15 bits per heavy atom. The molecule has 20 heavy (non-hydrogen) atoms. The van der Waals surface area contributed by atoms with E-state index in [1.165, 1.54) is 12.1 Å². The fraction of sp³-hybridized carbons (Fsp3) is 0.417. The summed E-state index contributed by atoms with van der Waals surface area (Å²) >= 11 is 0. The molecular weight excluding hydrogens is 284 g/mol. The van der Waals surface area contributed by atoms with E-state index < -0.39 is 41.1 Å². The van der Waals surface area contributed by atoms with Crippen LogP contribution in [0.4, 0.5) is 0 Å². The van der Waals surface area contributed by atoms with Crippen LogP contribution >= 0.6 is 0 Å². The predicted octanol–water partition coefficient (Wildman–Crippen LogP) is -1.31. The molecule has 0 saturated heterocycles. The lowest BCUT2D eigenvalue weighted by Crippen LogP contribution is -2.57. The average molecular weight is 300 g/mol. The van der Waals surface area contributed by atoms with Gasteiger partial charge in [0.25, 0.3) is 0 Å². The van der Waals surface area contributed by atoms with Crippen molar-refractivity contribution in [3.05, 3.63) is 35.4 Å². The zero-order valence-corrected chi connectivity index (χ0v) is 11.5. The normalized spacial score (nSPS) is 12.1. The van der Waals surface area contributed by atoms with E-state index in [2.05, 4.69) is 4.72 Å². The third-order valence-corrected chi connectivity index (χ3v) is 4.20. The summed E-state index contributed by atoms with van der Waals surface area (Å²) in [5.74, 6) is -0.488. The highest BCUT2D eigenvalue weighted by Crippen LogP contribution is 2.13. The van der Waals surface area contributed by atoms with Gasteiger partial charge in [-0.05, 0) is 11.6 Å². The van der Waals surface area contributed by atoms with Gasteiger partial charge in [-0.3, -0.25) is 0 Å². The minimum absolute atomic E-state index is 0.223. The lowest BCUT2D eigenvalue weighted by Gasteiger charge is -2.28. The number of sulfonamides is 1. The summed E-state index contributed by atoms with van der Waals surface area (Å²) in [4.78, 5) is 0. The lowest BCUT2D eigenvalue weighted by molar-refractivity contribution is 0.0581. The van der Waals surface area contributed by atoms with Crippen molar-refractivity contribution < 1.29 is 23.7 Å². The second-order valence-electron chi connectivity index (χ2n) is 4.38. The highest BCUT2D eigenvalue weighted by atomic mass is 32.2. The van der Waals surface area contributed by atoms with Crippen molar-refractivity contribution >= 4 is 10.0 Å². The van der Waals surface area contributed by atoms with Gasteiger partial charge in [0.1, 0.15) is 5.54 Å². The summed E-state index contributed by atoms with van der Waals surface area (Å²) in [5.41, 5.74) is -1.20. The number of hydrogen-bond donors (Lipinski definition) is 4. The van der Waals surface area contributed by atoms with Gasteiger partial charge in [-0.1, -0.05) is 18.2 Å². The molecule has 0 aliphatic rings. The van der Waals surface area contributed by atoms with Gasteiger partial charge >= 0.3 is 0 Å². The maximum absolute atomic E-state index is 12.0. The molecule has 110 valence electrons. The number of benzene rings is 1. The van der Waals surface area contributed by atoms with Crippen LogP contribution in [-0.2, 0) is 15.8 Å². The summed E-state index contributed by atoms with van der Waals surface area (Å²) in [6, 6.07) is 8.08. The molecule has 0 aliphatic heterocycles. The van der Waals surface area contributed by atoms with Crippen LogP contribution in [0, 0.1) is 11.3 Å². The van der Waals surface area contributed by atoms with Crippen molar-refractivity contribution in [3.8, 4) is 6.07 Å². The Morgan fingerprint density at radius 2 is 1.70 bits per heavy atom. The summed E-state index contributed by atoms with van der Waals surface area (Å²) < 4.78 is 26.1. The minimum atomic E-state index is -3.94. The first-order valence-corrected chi connectivity index (χ1v) is 7.39. The molecule has 0 atom stereocenters. The third kappa shape index (κ3) is 4.00. The molecule has 0 aliphatic carbocycles. The molecule has 0 radical (unpaired) electrons. The highest BCUT2D eigenvalue weighted by molar-refractivity contribution is 7.88. The van der Waals surface area contributed by atoms with Crippen LogP contribution in [0.2, 0.25) is 0 Å². The maximum Gasteiger partial charge on any atom is 0.216 e. The molecule has 0 fully saturated rings. The molecule has 7 nitrogen and oxygen atoms in total. The molecular formula is C12H16N2O5S. The van der Waals surface area contributed by atoms with Gasteiger partial charge in [0, 0.05) is 0 Å². The molecule has 4 N–H and O–H groups in total. The summed E-state index contributed by atoms with van der Waals surface area (Å²) in [6.45, 7) is -2.25. The third-order valence-electron chi connectivity index (χ3n) is 2.76. The van der Waals surface area contributed by atoms with Crippen molar-refractivity contribution in [3.63, 3.8) is 0 Å². The van der Waals surface area contributed by atoms with Gasteiger partial charge in [-0.15, -0.1) is 0 Å². The topological polar surface area (TPSA) is 131 Å². The first kappa shape index (κ1) is 16.6. The Bertz CT molecular complexity index is 582. The van der Waals surface area contributed by atoms with Crippen molar-refractivity contribution in [1.82, 2.24) is 4.72 Å². The van der Waals surface area contributed by atoms with Crippen LogP contribution < -0.4 is 4.72 Å². The van der Waals surface area contributed by atoms with E-state index in [4.69, 9.17) is 20.6 Å². The number of nitrogens with one attached hydrogen (secondary N) is 1. The second kappa shape index (κ2) is 6.78. The number of nitrogens with zero attached hydrogens (tertiary/aromatic N) is 1. The molecule has 0 heterocycles. The van der Waals surface area contributed by atoms with Gasteiger partial charge in [0.2, 0.25) is 10.0 Å². The Labute approximate surface area is 117 Å². The van der Waals surface area contributed by atoms with Crippen LogP contribution in [-0.4, -0.2) is 49.1 Å². The number of hydrogen-bond acceptors (Lipinski definition) is 6. The van der Waals surface area contributed by atoms with Crippen molar-refractivity contribution in [2.75, 3.05) is 19.8 Å². The fourth-order valence-electron chi connectivity index (χ4n) is 1.57. The van der Waals surface area contributed by atoms with E-state index in [1.54, 1.807) is 12.1 Å². The molecule has 8 heteroatoms. The number of aliphatic hydroxyl groups excluding tert-OH is 3. The Balaban J connectivity index is 2.99. The largest absolute Gasteiger partial charge is 0.394 e. The maximum atomic E-state index is 12.0. The van der Waals surface area contributed by atoms with Gasteiger partial charge in [0.15, 0.2) is 0 Å². The van der Waals surface area contributed by atoms with Crippen LogP contribution in [0.15, 0.2) is 24.3 Å². The molecule has 1 aromatic rings. The first-order chi connectivity index (χ1) is 9.42. The van der Waals surface area contributed by atoms with Crippen LogP contribution in [0.1, 0.15) is 11.1 Å². The van der Waals surface area contributed by atoms with E-state index in [9.17, 15) is 8.42 Å². The predicted molar refractivity (Wildman–Crippen MR) is 70.9 cm³/mol. The SMILES string of the molecule is N#Cc1ccccc1CS(=O)(=O)NC(CO)(CO)CO. The molecule has 0 unspecified atom stereocenters. The molecule has 0 saturated carbocycles. The Hall–Kier alpha value is -1.50. The van der Waals surface area contributed by atoms with Crippen molar-refractivity contribution in [2.24, 2.45) is 0 Å². The first-order valence-electron chi connectivity index (χ1n) is 5.74. The van der Waals surface area contributed by atoms with E-state index in [1.807, 2.05) is 6.07 Å². The monoisotopic (exact) mass is 300 g/mol. The molecule has 0 spiro atoms. The van der Waals surface area contributed by atoms with E-state index in [0.29, 0.717) is 5.56 Å².